The first kappa shape index (κ1) is 23.2. The van der Waals surface area contributed by atoms with Crippen LogP contribution in [0.3, 0.4) is 0 Å². The van der Waals surface area contributed by atoms with Crippen molar-refractivity contribution >= 4 is 29.3 Å². The Labute approximate surface area is 181 Å². The molecule has 0 atom stereocenters. The molecule has 0 spiro atoms. The Morgan fingerprint density at radius 3 is 2.20 bits per heavy atom. The van der Waals surface area contributed by atoms with Crippen molar-refractivity contribution in [1.29, 1.82) is 0 Å². The minimum absolute atomic E-state index is 0.0449. The van der Waals surface area contributed by atoms with E-state index < -0.39 is 4.92 Å². The summed E-state index contributed by atoms with van der Waals surface area (Å²) in [5, 5.41) is 13.9. The zero-order valence-electron chi connectivity index (χ0n) is 17.7. The molecule has 0 fully saturated rings. The second kappa shape index (κ2) is 11.2. The highest BCUT2D eigenvalue weighted by molar-refractivity contribution is 7.98. The van der Waals surface area contributed by atoms with Gasteiger partial charge in [0.05, 0.1) is 18.0 Å². The molecule has 0 aromatic heterocycles. The van der Waals surface area contributed by atoms with Gasteiger partial charge in [0.2, 0.25) is 5.91 Å². The maximum atomic E-state index is 12.0. The molecular weight excluding hydrogens is 402 g/mol. The Hall–Kier alpha value is -3.07. The van der Waals surface area contributed by atoms with Crippen LogP contribution < -0.4 is 5.32 Å². The third-order valence-corrected chi connectivity index (χ3v) is 5.14. The number of nitro benzene ring substituents is 1. The number of non-ortho nitro benzene ring substituents is 1. The summed E-state index contributed by atoms with van der Waals surface area (Å²) in [6, 6.07) is 14.6. The fourth-order valence-electron chi connectivity index (χ4n) is 2.59. The number of benzene rings is 2. The normalized spacial score (nSPS) is 11.1. The Balaban J connectivity index is 2.13. The summed E-state index contributed by atoms with van der Waals surface area (Å²) in [5.74, 6) is 0.522. The lowest BCUT2D eigenvalue weighted by Gasteiger charge is -2.23. The average molecular weight is 430 g/mol. The largest absolute Gasteiger partial charge is 0.347 e. The van der Waals surface area contributed by atoms with Gasteiger partial charge in [-0.1, -0.05) is 24.3 Å². The molecule has 0 unspecified atom stereocenters. The molecule has 2 aromatic carbocycles. The molecule has 0 heterocycles. The van der Waals surface area contributed by atoms with Gasteiger partial charge < -0.3 is 15.1 Å². The Morgan fingerprint density at radius 1 is 1.07 bits per heavy atom. The number of nitrogens with one attached hydrogen (secondary N) is 1. The van der Waals surface area contributed by atoms with Crippen molar-refractivity contribution in [3.05, 3.63) is 69.8 Å². The van der Waals surface area contributed by atoms with Gasteiger partial charge in [0.1, 0.15) is 0 Å². The number of carbonyl (C=O) groups excluding carboxylic acids is 1. The highest BCUT2D eigenvalue weighted by atomic mass is 32.2. The monoisotopic (exact) mass is 429 g/mol. The number of nitrogens with zero attached hydrogens (tertiary/aromatic N) is 4. The highest BCUT2D eigenvalue weighted by Gasteiger charge is 2.11. The molecule has 1 amide bonds. The molecule has 0 bridgehead atoms. The molecule has 2 rings (SSSR count). The summed E-state index contributed by atoms with van der Waals surface area (Å²) < 4.78 is 0. The quantitative estimate of drug-likeness (QED) is 0.228. The van der Waals surface area contributed by atoms with Crippen LogP contribution in [0.15, 0.2) is 58.4 Å². The van der Waals surface area contributed by atoms with E-state index in [1.807, 2.05) is 18.2 Å². The van der Waals surface area contributed by atoms with E-state index in [-0.39, 0.29) is 18.1 Å². The van der Waals surface area contributed by atoms with Crippen LogP contribution in [-0.4, -0.2) is 60.5 Å². The van der Waals surface area contributed by atoms with Crippen molar-refractivity contribution in [3.63, 3.8) is 0 Å². The molecule has 0 aliphatic carbocycles. The van der Waals surface area contributed by atoms with Crippen LogP contribution in [0.4, 0.5) is 5.69 Å². The van der Waals surface area contributed by atoms with Crippen molar-refractivity contribution in [2.75, 3.05) is 33.9 Å². The standard InChI is InChI=1S/C21H27N5O3S/c1-24(2)20(27)14-23-21(22-13-16-5-9-18(10-6-16)26(28)29)25(3)15-17-7-11-19(30-4)12-8-17/h5-12H,13-15H2,1-4H3,(H,22,23). The van der Waals surface area contributed by atoms with E-state index in [1.165, 1.54) is 21.9 Å². The van der Waals surface area contributed by atoms with E-state index in [9.17, 15) is 14.9 Å². The van der Waals surface area contributed by atoms with Crippen LogP contribution in [-0.2, 0) is 17.9 Å². The first-order valence-corrected chi connectivity index (χ1v) is 10.6. The second-order valence-electron chi connectivity index (χ2n) is 6.91. The Morgan fingerprint density at radius 2 is 1.67 bits per heavy atom. The maximum Gasteiger partial charge on any atom is 0.269 e. The number of rotatable bonds is 8. The summed E-state index contributed by atoms with van der Waals surface area (Å²) in [7, 11) is 5.31. The third kappa shape index (κ3) is 7.07. The van der Waals surface area contributed by atoms with E-state index in [0.717, 1.165) is 11.1 Å². The van der Waals surface area contributed by atoms with Crippen molar-refractivity contribution in [1.82, 2.24) is 15.1 Å². The molecule has 0 saturated carbocycles. The van der Waals surface area contributed by atoms with E-state index in [1.54, 1.807) is 38.0 Å². The van der Waals surface area contributed by atoms with E-state index >= 15 is 0 Å². The number of likely N-dealkylation sites (N-methyl/N-ethyl adjacent to an activating group) is 1. The second-order valence-corrected chi connectivity index (χ2v) is 7.79. The molecule has 160 valence electrons. The summed E-state index contributed by atoms with van der Waals surface area (Å²) in [4.78, 5) is 31.7. The van der Waals surface area contributed by atoms with Gasteiger partial charge in [-0.05, 0) is 29.5 Å². The fraction of sp³-hybridized carbons (Fsp3) is 0.333. The molecule has 0 radical (unpaired) electrons. The molecule has 0 saturated heterocycles. The number of carbonyl (C=O) groups is 1. The lowest BCUT2D eigenvalue weighted by Crippen LogP contribution is -2.43. The number of thioether (sulfide) groups is 1. The van der Waals surface area contributed by atoms with E-state index in [2.05, 4.69) is 34.6 Å². The number of hydrogen-bond donors (Lipinski definition) is 1. The van der Waals surface area contributed by atoms with E-state index in [4.69, 9.17) is 0 Å². The fourth-order valence-corrected chi connectivity index (χ4v) is 3.00. The smallest absolute Gasteiger partial charge is 0.269 e. The number of hydrogen-bond acceptors (Lipinski definition) is 5. The number of guanidine groups is 1. The minimum atomic E-state index is -0.428. The summed E-state index contributed by atoms with van der Waals surface area (Å²) >= 11 is 1.69. The van der Waals surface area contributed by atoms with Gasteiger partial charge in [-0.3, -0.25) is 14.9 Å². The summed E-state index contributed by atoms with van der Waals surface area (Å²) in [6.07, 6.45) is 2.04. The van der Waals surface area contributed by atoms with Crippen LogP contribution in [0.25, 0.3) is 0 Å². The van der Waals surface area contributed by atoms with Gasteiger partial charge in [0.15, 0.2) is 5.96 Å². The molecule has 9 heteroatoms. The van der Waals surface area contributed by atoms with Gasteiger partial charge in [-0.2, -0.15) is 0 Å². The third-order valence-electron chi connectivity index (χ3n) is 4.40. The Kier molecular flexibility index (Phi) is 8.67. The summed E-state index contributed by atoms with van der Waals surface area (Å²) in [5.41, 5.74) is 2.01. The summed E-state index contributed by atoms with van der Waals surface area (Å²) in [6.45, 7) is 1.09. The minimum Gasteiger partial charge on any atom is -0.347 e. The van der Waals surface area contributed by atoms with Gasteiger partial charge in [-0.15, -0.1) is 11.8 Å². The number of amides is 1. The van der Waals surface area contributed by atoms with Crippen molar-refractivity contribution in [2.45, 2.75) is 18.0 Å². The van der Waals surface area contributed by atoms with Crippen molar-refractivity contribution in [3.8, 4) is 0 Å². The molecule has 1 N–H and O–H groups in total. The highest BCUT2D eigenvalue weighted by Crippen LogP contribution is 2.16. The molecule has 30 heavy (non-hydrogen) atoms. The first-order valence-electron chi connectivity index (χ1n) is 9.36. The van der Waals surface area contributed by atoms with Gasteiger partial charge >= 0.3 is 0 Å². The van der Waals surface area contributed by atoms with Gasteiger partial charge in [0, 0.05) is 44.7 Å². The molecule has 0 aliphatic rings. The molecule has 8 nitrogen and oxygen atoms in total. The maximum absolute atomic E-state index is 12.0. The van der Waals surface area contributed by atoms with Crippen molar-refractivity contribution in [2.24, 2.45) is 4.99 Å². The van der Waals surface area contributed by atoms with Crippen molar-refractivity contribution < 1.29 is 9.72 Å². The zero-order valence-corrected chi connectivity index (χ0v) is 18.5. The van der Waals surface area contributed by atoms with Crippen LogP contribution in [0.2, 0.25) is 0 Å². The van der Waals surface area contributed by atoms with Crippen LogP contribution in [0.1, 0.15) is 11.1 Å². The predicted octanol–water partition coefficient (Wildman–Crippen LogP) is 2.98. The first-order chi connectivity index (χ1) is 14.3. The van der Waals surface area contributed by atoms with E-state index in [0.29, 0.717) is 19.0 Å². The van der Waals surface area contributed by atoms with Crippen LogP contribution in [0.5, 0.6) is 0 Å². The lowest BCUT2D eigenvalue weighted by atomic mass is 10.2. The molecule has 0 aliphatic heterocycles. The predicted molar refractivity (Wildman–Crippen MR) is 121 cm³/mol. The topological polar surface area (TPSA) is 91.1 Å². The average Bonchev–Trinajstić information content (AvgIpc) is 2.74. The van der Waals surface area contributed by atoms with Gasteiger partial charge in [-0.25, -0.2) is 4.99 Å². The lowest BCUT2D eigenvalue weighted by molar-refractivity contribution is -0.384. The van der Waals surface area contributed by atoms with Crippen LogP contribution in [0, 0.1) is 10.1 Å². The van der Waals surface area contributed by atoms with Crippen LogP contribution >= 0.6 is 11.8 Å². The Bertz CT molecular complexity index is 883. The van der Waals surface area contributed by atoms with Gasteiger partial charge in [0.25, 0.3) is 5.69 Å². The molecule has 2 aromatic rings. The molecular formula is C21H27N5O3S. The zero-order chi connectivity index (χ0) is 22.1. The number of nitro groups is 1. The SMILES string of the molecule is CSc1ccc(CN(C)C(=NCc2ccc([N+](=O)[O-])cc2)NCC(=O)N(C)C)cc1. The number of aliphatic imine (C=N–C) groups is 1.